The topological polar surface area (TPSA) is 87.3 Å². The van der Waals surface area contributed by atoms with E-state index in [1.54, 1.807) is 18.2 Å². The van der Waals surface area contributed by atoms with Crippen LogP contribution < -0.4 is 16.0 Å². The largest absolute Gasteiger partial charge is 0.345 e. The molecule has 3 amide bonds. The highest BCUT2D eigenvalue weighted by molar-refractivity contribution is 6.04. The van der Waals surface area contributed by atoms with Crippen molar-refractivity contribution in [2.75, 3.05) is 0 Å². The van der Waals surface area contributed by atoms with Crippen LogP contribution in [-0.4, -0.2) is 17.7 Å². The molecule has 7 rings (SSSR count). The smallest absolute Gasteiger partial charge is 0.251 e. The van der Waals surface area contributed by atoms with E-state index in [0.717, 1.165) is 74.5 Å². The van der Waals surface area contributed by atoms with Crippen molar-refractivity contribution in [1.29, 1.82) is 0 Å². The fraction of sp³-hybridized carbons (Fsp3) is 0.308. The Labute approximate surface area is 264 Å². The molecule has 4 aromatic carbocycles. The van der Waals surface area contributed by atoms with Crippen LogP contribution in [0.25, 0.3) is 0 Å². The lowest BCUT2D eigenvalue weighted by Gasteiger charge is -2.27. The second kappa shape index (κ2) is 12.7. The normalized spacial score (nSPS) is 20.1. The first-order valence-electron chi connectivity index (χ1n) is 16.3. The number of hydrogen-bond acceptors (Lipinski definition) is 3. The van der Waals surface area contributed by atoms with Crippen LogP contribution in [0.15, 0.2) is 91.0 Å². The van der Waals surface area contributed by atoms with Crippen LogP contribution >= 0.6 is 0 Å². The highest BCUT2D eigenvalue weighted by Crippen LogP contribution is 2.32. The van der Waals surface area contributed by atoms with Crippen molar-refractivity contribution in [3.05, 3.63) is 141 Å². The van der Waals surface area contributed by atoms with Gasteiger partial charge in [-0.3, -0.25) is 14.4 Å². The molecule has 6 heteroatoms. The summed E-state index contributed by atoms with van der Waals surface area (Å²) in [4.78, 5) is 41.4. The van der Waals surface area contributed by atoms with Gasteiger partial charge in [-0.05, 0) is 109 Å². The van der Waals surface area contributed by atoms with Gasteiger partial charge < -0.3 is 16.0 Å². The van der Waals surface area contributed by atoms with Gasteiger partial charge in [0.05, 0.1) is 18.1 Å². The average Bonchev–Trinajstić information content (AvgIpc) is 3.08. The zero-order chi connectivity index (χ0) is 30.8. The standard InChI is InChI=1S/C39H39N3O3/c43-37(40-34-19-7-13-25-10-1-4-16-31(25)34)28-22-29(38(44)41-35-20-8-14-26-11-2-5-17-32(26)35)24-30(23-28)39(45)42-36-21-9-15-27-12-3-6-18-33(27)36/h1-6,10-12,16-18,22-24,34-36H,7-9,13-15,19-21H2,(H,40,43)(H,41,44)(H,42,45)/t34-,35-,36+/m0/s1. The lowest BCUT2D eigenvalue weighted by molar-refractivity contribution is 0.0932. The third-order valence-electron chi connectivity index (χ3n) is 9.74. The van der Waals surface area contributed by atoms with Gasteiger partial charge in [-0.25, -0.2) is 0 Å². The van der Waals surface area contributed by atoms with E-state index in [1.807, 2.05) is 36.4 Å². The Bertz CT molecular complexity index is 1550. The summed E-state index contributed by atoms with van der Waals surface area (Å²) in [5, 5.41) is 9.63. The van der Waals surface area contributed by atoms with Crippen molar-refractivity contribution >= 4 is 17.7 Å². The summed E-state index contributed by atoms with van der Waals surface area (Å²) in [5.74, 6) is -0.857. The number of benzene rings is 4. The molecule has 228 valence electrons. The zero-order valence-corrected chi connectivity index (χ0v) is 25.5. The van der Waals surface area contributed by atoms with Gasteiger partial charge in [0, 0.05) is 16.7 Å². The summed E-state index contributed by atoms with van der Waals surface area (Å²) in [5.41, 5.74) is 8.09. The minimum Gasteiger partial charge on any atom is -0.345 e. The Morgan fingerprint density at radius 3 is 1.04 bits per heavy atom. The van der Waals surface area contributed by atoms with Crippen molar-refractivity contribution < 1.29 is 14.4 Å². The molecular formula is C39H39N3O3. The van der Waals surface area contributed by atoms with E-state index in [-0.39, 0.29) is 35.8 Å². The Kier molecular flexibility index (Phi) is 8.21. The molecule has 6 nitrogen and oxygen atoms in total. The molecule has 0 saturated carbocycles. The molecule has 3 aliphatic rings. The Balaban J connectivity index is 1.18. The molecule has 3 N–H and O–H groups in total. The molecule has 0 fully saturated rings. The molecule has 0 radical (unpaired) electrons. The molecule has 45 heavy (non-hydrogen) atoms. The van der Waals surface area contributed by atoms with Gasteiger partial charge in [0.2, 0.25) is 0 Å². The van der Waals surface area contributed by atoms with Crippen LogP contribution in [0.4, 0.5) is 0 Å². The molecular weight excluding hydrogens is 558 g/mol. The van der Waals surface area contributed by atoms with Crippen molar-refractivity contribution in [2.24, 2.45) is 0 Å². The maximum absolute atomic E-state index is 13.8. The van der Waals surface area contributed by atoms with Gasteiger partial charge in [0.25, 0.3) is 17.7 Å². The number of carbonyl (C=O) groups excluding carboxylic acids is 3. The number of rotatable bonds is 6. The predicted octanol–water partition coefficient (Wildman–Crippen LogP) is 7.11. The number of aryl methyl sites for hydroxylation is 3. The van der Waals surface area contributed by atoms with Gasteiger partial charge >= 0.3 is 0 Å². The SMILES string of the molecule is O=C(N[C@H]1CCCc2ccccc21)c1cc(C(=O)N[C@H]2CCCc3ccccc32)cc(C(=O)N[C@@H]2CCCc3ccccc32)c1. The number of nitrogens with one attached hydrogen (secondary N) is 3. The van der Waals surface area contributed by atoms with Crippen LogP contribution in [0.1, 0.15) is 121 Å². The summed E-state index contributed by atoms with van der Waals surface area (Å²) >= 11 is 0. The molecule has 3 aliphatic carbocycles. The molecule has 0 bridgehead atoms. The molecule has 0 saturated heterocycles. The minimum absolute atomic E-state index is 0.116. The maximum Gasteiger partial charge on any atom is 0.251 e. The first-order valence-corrected chi connectivity index (χ1v) is 16.3. The van der Waals surface area contributed by atoms with Gasteiger partial charge in [-0.2, -0.15) is 0 Å². The van der Waals surface area contributed by atoms with Gasteiger partial charge in [0.1, 0.15) is 0 Å². The van der Waals surface area contributed by atoms with Crippen LogP contribution in [0.5, 0.6) is 0 Å². The van der Waals surface area contributed by atoms with Gasteiger partial charge in [0.15, 0.2) is 0 Å². The quantitative estimate of drug-likeness (QED) is 0.221. The summed E-state index contributed by atoms with van der Waals surface area (Å²) in [6, 6.07) is 29.2. The summed E-state index contributed by atoms with van der Waals surface area (Å²) in [6.45, 7) is 0. The lowest BCUT2D eigenvalue weighted by atomic mass is 9.87. The minimum atomic E-state index is -0.286. The number of hydrogen-bond donors (Lipinski definition) is 3. The molecule has 4 aromatic rings. The lowest BCUT2D eigenvalue weighted by Crippen LogP contribution is -2.34. The highest BCUT2D eigenvalue weighted by atomic mass is 16.2. The van der Waals surface area contributed by atoms with Crippen LogP contribution in [0.3, 0.4) is 0 Å². The summed E-state index contributed by atoms with van der Waals surface area (Å²) in [6.07, 6.45) is 8.50. The van der Waals surface area contributed by atoms with Crippen molar-refractivity contribution in [3.63, 3.8) is 0 Å². The van der Waals surface area contributed by atoms with E-state index >= 15 is 0 Å². The van der Waals surface area contributed by atoms with E-state index in [9.17, 15) is 14.4 Å². The van der Waals surface area contributed by atoms with E-state index in [4.69, 9.17) is 0 Å². The Morgan fingerprint density at radius 2 is 0.733 bits per heavy atom. The van der Waals surface area contributed by atoms with E-state index in [2.05, 4.69) is 52.3 Å². The highest BCUT2D eigenvalue weighted by Gasteiger charge is 2.27. The first-order chi connectivity index (χ1) is 22.0. The molecule has 0 heterocycles. The molecule has 0 aliphatic heterocycles. The van der Waals surface area contributed by atoms with Crippen LogP contribution in [0.2, 0.25) is 0 Å². The second-order valence-corrected chi connectivity index (χ2v) is 12.7. The number of carbonyl (C=O) groups is 3. The Hall–Kier alpha value is -4.71. The van der Waals surface area contributed by atoms with E-state index in [0.29, 0.717) is 16.7 Å². The van der Waals surface area contributed by atoms with Gasteiger partial charge in [-0.15, -0.1) is 0 Å². The molecule has 3 atom stereocenters. The fourth-order valence-electron chi connectivity index (χ4n) is 7.46. The summed E-state index contributed by atoms with van der Waals surface area (Å²) < 4.78 is 0. The first kappa shape index (κ1) is 29.0. The average molecular weight is 598 g/mol. The third-order valence-corrected chi connectivity index (χ3v) is 9.74. The molecule has 0 unspecified atom stereocenters. The fourth-order valence-corrected chi connectivity index (χ4v) is 7.46. The van der Waals surface area contributed by atoms with Crippen molar-refractivity contribution in [1.82, 2.24) is 16.0 Å². The van der Waals surface area contributed by atoms with E-state index < -0.39 is 0 Å². The monoisotopic (exact) mass is 597 g/mol. The predicted molar refractivity (Wildman–Crippen MR) is 175 cm³/mol. The van der Waals surface area contributed by atoms with E-state index in [1.165, 1.54) is 16.7 Å². The van der Waals surface area contributed by atoms with Crippen LogP contribution in [0, 0.1) is 0 Å². The number of fused-ring (bicyclic) bond motifs is 3. The molecule has 0 spiro atoms. The molecule has 0 aromatic heterocycles. The zero-order valence-electron chi connectivity index (χ0n) is 25.5. The van der Waals surface area contributed by atoms with Crippen LogP contribution in [-0.2, 0) is 19.3 Å². The number of amides is 3. The third kappa shape index (κ3) is 6.15. The second-order valence-electron chi connectivity index (χ2n) is 12.7. The maximum atomic E-state index is 13.8. The summed E-state index contributed by atoms with van der Waals surface area (Å²) in [7, 11) is 0. The van der Waals surface area contributed by atoms with Crippen molar-refractivity contribution in [3.8, 4) is 0 Å². The Morgan fingerprint density at radius 1 is 0.444 bits per heavy atom. The van der Waals surface area contributed by atoms with Gasteiger partial charge in [-0.1, -0.05) is 72.8 Å². The van der Waals surface area contributed by atoms with Crippen molar-refractivity contribution in [2.45, 2.75) is 75.9 Å².